The molecule has 2 atom stereocenters. The van der Waals surface area contributed by atoms with E-state index in [1.54, 1.807) is 0 Å². The molecule has 2 rings (SSSR count). The number of benzene rings is 1. The Morgan fingerprint density at radius 1 is 1.61 bits per heavy atom. The summed E-state index contributed by atoms with van der Waals surface area (Å²) in [5.74, 6) is -0.342. The molecule has 1 aliphatic carbocycles. The third-order valence-corrected chi connectivity index (χ3v) is 3.49. The third kappa shape index (κ3) is 2.53. The van der Waals surface area contributed by atoms with Crippen LogP contribution in [-0.2, 0) is 4.79 Å². The van der Waals surface area contributed by atoms with Crippen molar-refractivity contribution in [1.82, 2.24) is 0 Å². The molecule has 0 spiro atoms. The Bertz CT molecular complexity index is 464. The smallest absolute Gasteiger partial charge is 0.308 e. The van der Waals surface area contributed by atoms with Gasteiger partial charge in [-0.2, -0.15) is 0 Å². The van der Waals surface area contributed by atoms with Crippen LogP contribution in [0.25, 0.3) is 0 Å². The van der Waals surface area contributed by atoms with Crippen molar-refractivity contribution in [2.75, 3.05) is 18.6 Å². The molecule has 1 aromatic rings. The lowest BCUT2D eigenvalue weighted by atomic mass is 10.2. The number of ether oxygens (including phenoxy) is 1. The van der Waals surface area contributed by atoms with Crippen molar-refractivity contribution in [3.63, 3.8) is 0 Å². The Hall–Kier alpha value is -1.42. The Morgan fingerprint density at radius 3 is 2.83 bits per heavy atom. The van der Waals surface area contributed by atoms with Gasteiger partial charge in [-0.15, -0.1) is 0 Å². The maximum absolute atomic E-state index is 10.8. The summed E-state index contributed by atoms with van der Waals surface area (Å²) in [6, 6.07) is 5.59. The van der Waals surface area contributed by atoms with Gasteiger partial charge in [0.05, 0.1) is 17.5 Å². The summed E-state index contributed by atoms with van der Waals surface area (Å²) in [5.41, 5.74) is 0.914. The SMILES string of the molecule is CCOc1ccc(N(C)C2CC2C(=O)O)cc1Cl. The Morgan fingerprint density at radius 2 is 2.33 bits per heavy atom. The van der Waals surface area contributed by atoms with Gasteiger partial charge in [0.1, 0.15) is 5.75 Å². The van der Waals surface area contributed by atoms with Crippen molar-refractivity contribution in [2.45, 2.75) is 19.4 Å². The van der Waals surface area contributed by atoms with E-state index in [9.17, 15) is 4.79 Å². The molecule has 0 amide bonds. The molecule has 0 aliphatic heterocycles. The van der Waals surface area contributed by atoms with Gasteiger partial charge in [-0.25, -0.2) is 0 Å². The lowest BCUT2D eigenvalue weighted by molar-refractivity contribution is -0.138. The van der Waals surface area contributed by atoms with Crippen molar-refractivity contribution in [1.29, 1.82) is 0 Å². The largest absolute Gasteiger partial charge is 0.492 e. The van der Waals surface area contributed by atoms with Gasteiger partial charge in [-0.1, -0.05) is 11.6 Å². The first-order valence-corrected chi connectivity index (χ1v) is 6.30. The number of halogens is 1. The highest BCUT2D eigenvalue weighted by Gasteiger charge is 2.46. The second-order valence-electron chi connectivity index (χ2n) is 4.41. The molecule has 0 bridgehead atoms. The maximum Gasteiger partial charge on any atom is 0.308 e. The number of carboxylic acids is 1. The molecule has 5 heteroatoms. The van der Waals surface area contributed by atoms with Gasteiger partial charge in [-0.3, -0.25) is 4.79 Å². The van der Waals surface area contributed by atoms with Gasteiger partial charge in [0, 0.05) is 18.8 Å². The molecule has 0 saturated heterocycles. The highest BCUT2D eigenvalue weighted by Crippen LogP contribution is 2.39. The van der Waals surface area contributed by atoms with Crippen LogP contribution in [0.3, 0.4) is 0 Å². The summed E-state index contributed by atoms with van der Waals surface area (Å²) < 4.78 is 5.36. The molecule has 1 fully saturated rings. The van der Waals surface area contributed by atoms with E-state index < -0.39 is 5.97 Å². The number of anilines is 1. The summed E-state index contributed by atoms with van der Waals surface area (Å²) in [7, 11) is 1.89. The second kappa shape index (κ2) is 5.06. The van der Waals surface area contributed by atoms with Gasteiger partial charge in [0.15, 0.2) is 0 Å². The molecular formula is C13H16ClNO3. The van der Waals surface area contributed by atoms with Gasteiger partial charge >= 0.3 is 5.97 Å². The monoisotopic (exact) mass is 269 g/mol. The fourth-order valence-electron chi connectivity index (χ4n) is 2.05. The van der Waals surface area contributed by atoms with Gasteiger partial charge in [0.25, 0.3) is 0 Å². The molecule has 1 aliphatic rings. The normalized spacial score (nSPS) is 21.5. The van der Waals surface area contributed by atoms with E-state index in [2.05, 4.69) is 0 Å². The molecule has 0 heterocycles. The molecule has 0 aromatic heterocycles. The molecule has 1 saturated carbocycles. The Labute approximate surface area is 111 Å². The van der Waals surface area contributed by atoms with E-state index in [0.29, 0.717) is 23.8 Å². The van der Waals surface area contributed by atoms with Gasteiger partial charge in [0.2, 0.25) is 0 Å². The molecular weight excluding hydrogens is 254 g/mol. The molecule has 1 aromatic carbocycles. The van der Waals surface area contributed by atoms with Crippen molar-refractivity contribution in [2.24, 2.45) is 5.92 Å². The van der Waals surface area contributed by atoms with E-state index in [-0.39, 0.29) is 12.0 Å². The van der Waals surface area contributed by atoms with Crippen LogP contribution in [0.4, 0.5) is 5.69 Å². The lowest BCUT2D eigenvalue weighted by Gasteiger charge is -2.20. The Kier molecular flexibility index (Phi) is 3.66. The number of rotatable bonds is 5. The number of aliphatic carboxylic acids is 1. The average Bonchev–Trinajstić information content (AvgIpc) is 3.11. The van der Waals surface area contributed by atoms with Crippen LogP contribution in [0.5, 0.6) is 5.75 Å². The van der Waals surface area contributed by atoms with Crippen molar-refractivity contribution >= 4 is 23.3 Å². The summed E-state index contributed by atoms with van der Waals surface area (Å²) in [6.45, 7) is 2.47. The minimum atomic E-state index is -0.733. The standard InChI is InChI=1S/C13H16ClNO3/c1-3-18-12-5-4-8(6-10(12)14)15(2)11-7-9(11)13(16)17/h4-6,9,11H,3,7H2,1-2H3,(H,16,17). The predicted molar refractivity (Wildman–Crippen MR) is 70.6 cm³/mol. The van der Waals surface area contributed by atoms with Crippen LogP contribution in [-0.4, -0.2) is 30.8 Å². The summed E-state index contributed by atoms with van der Waals surface area (Å²) >= 11 is 6.11. The number of nitrogens with zero attached hydrogens (tertiary/aromatic N) is 1. The molecule has 2 unspecified atom stereocenters. The summed E-state index contributed by atoms with van der Waals surface area (Å²) in [6.07, 6.45) is 0.691. The van der Waals surface area contributed by atoms with Crippen LogP contribution < -0.4 is 9.64 Å². The van der Waals surface area contributed by atoms with Gasteiger partial charge in [-0.05, 0) is 31.5 Å². The van der Waals surface area contributed by atoms with Crippen molar-refractivity contribution in [3.05, 3.63) is 23.2 Å². The number of carboxylic acid groups (broad SMARTS) is 1. The molecule has 1 N–H and O–H groups in total. The fourth-order valence-corrected chi connectivity index (χ4v) is 2.28. The third-order valence-electron chi connectivity index (χ3n) is 3.19. The zero-order valence-electron chi connectivity index (χ0n) is 10.4. The first-order chi connectivity index (χ1) is 8.54. The fraction of sp³-hybridized carbons (Fsp3) is 0.462. The van der Waals surface area contributed by atoms with Crippen molar-refractivity contribution < 1.29 is 14.6 Å². The minimum Gasteiger partial charge on any atom is -0.492 e. The second-order valence-corrected chi connectivity index (χ2v) is 4.81. The van der Waals surface area contributed by atoms with Crippen LogP contribution >= 0.6 is 11.6 Å². The van der Waals surface area contributed by atoms with Crippen LogP contribution in [0.2, 0.25) is 5.02 Å². The highest BCUT2D eigenvalue weighted by atomic mass is 35.5. The van der Waals surface area contributed by atoms with Crippen molar-refractivity contribution in [3.8, 4) is 5.75 Å². The van der Waals surface area contributed by atoms with Gasteiger partial charge < -0.3 is 14.7 Å². The first-order valence-electron chi connectivity index (χ1n) is 5.92. The maximum atomic E-state index is 10.8. The van der Waals surface area contributed by atoms with Crippen LogP contribution in [0, 0.1) is 5.92 Å². The van der Waals surface area contributed by atoms with E-state index in [1.165, 1.54) is 0 Å². The van der Waals surface area contributed by atoms with E-state index >= 15 is 0 Å². The molecule has 18 heavy (non-hydrogen) atoms. The van der Waals surface area contributed by atoms with E-state index in [0.717, 1.165) is 5.69 Å². The minimum absolute atomic E-state index is 0.0662. The van der Waals surface area contributed by atoms with Crippen LogP contribution in [0.1, 0.15) is 13.3 Å². The number of hydrogen-bond acceptors (Lipinski definition) is 3. The zero-order valence-corrected chi connectivity index (χ0v) is 11.1. The van der Waals surface area contributed by atoms with E-state index in [4.69, 9.17) is 21.4 Å². The Balaban J connectivity index is 2.10. The number of carbonyl (C=O) groups is 1. The van der Waals surface area contributed by atoms with Crippen LogP contribution in [0.15, 0.2) is 18.2 Å². The topological polar surface area (TPSA) is 49.8 Å². The predicted octanol–water partition coefficient (Wildman–Crippen LogP) is 2.65. The average molecular weight is 270 g/mol. The lowest BCUT2D eigenvalue weighted by Crippen LogP contribution is -2.23. The zero-order chi connectivity index (χ0) is 13.3. The summed E-state index contributed by atoms with van der Waals surface area (Å²) in [5, 5.41) is 9.47. The summed E-state index contributed by atoms with van der Waals surface area (Å²) in [4.78, 5) is 12.8. The first kappa shape index (κ1) is 13.0. The number of hydrogen-bond donors (Lipinski definition) is 1. The highest BCUT2D eigenvalue weighted by molar-refractivity contribution is 6.32. The molecule has 98 valence electrons. The molecule has 0 radical (unpaired) electrons. The van der Waals surface area contributed by atoms with E-state index in [1.807, 2.05) is 37.1 Å². The quantitative estimate of drug-likeness (QED) is 0.893. The molecule has 4 nitrogen and oxygen atoms in total.